The number of aryl methyl sites for hydroxylation is 1. The highest BCUT2D eigenvalue weighted by atomic mass is 15.3. The van der Waals surface area contributed by atoms with E-state index in [-0.39, 0.29) is 6.04 Å². The molecule has 106 valence electrons. The lowest BCUT2D eigenvalue weighted by molar-refractivity contribution is 0.270. The van der Waals surface area contributed by atoms with Gasteiger partial charge in [-0.15, -0.1) is 0 Å². The highest BCUT2D eigenvalue weighted by molar-refractivity contribution is 5.44. The largest absolute Gasteiger partial charge is 0.354 e. The van der Waals surface area contributed by atoms with Gasteiger partial charge < -0.3 is 15.5 Å². The number of aromatic nitrogens is 1. The van der Waals surface area contributed by atoms with E-state index in [1.807, 2.05) is 6.20 Å². The van der Waals surface area contributed by atoms with E-state index in [9.17, 15) is 0 Å². The number of likely N-dealkylation sites (N-methyl/N-ethyl adjacent to an activating group) is 1. The monoisotopic (exact) mass is 262 g/mol. The number of anilines is 1. The first-order valence-corrected chi connectivity index (χ1v) is 7.35. The van der Waals surface area contributed by atoms with E-state index in [0.717, 1.165) is 45.0 Å². The molecule has 4 heteroatoms. The maximum absolute atomic E-state index is 6.10. The third-order valence-corrected chi connectivity index (χ3v) is 4.12. The van der Waals surface area contributed by atoms with E-state index in [1.165, 1.54) is 11.1 Å². The van der Waals surface area contributed by atoms with E-state index in [2.05, 4.69) is 41.6 Å². The second-order valence-electron chi connectivity index (χ2n) is 5.34. The Hall–Kier alpha value is -1.13. The van der Waals surface area contributed by atoms with Crippen LogP contribution >= 0.6 is 0 Å². The highest BCUT2D eigenvalue weighted by Gasteiger charge is 2.17. The van der Waals surface area contributed by atoms with E-state index in [4.69, 9.17) is 5.73 Å². The topological polar surface area (TPSA) is 45.4 Å². The first kappa shape index (κ1) is 14.3. The van der Waals surface area contributed by atoms with Crippen molar-refractivity contribution in [2.45, 2.75) is 33.2 Å². The highest BCUT2D eigenvalue weighted by Crippen LogP contribution is 2.22. The standard InChI is InChI=1S/C15H26N4/c1-4-14(16)13-11-17-15(10-12(13)3)19-8-6-18(5-2)7-9-19/h10-11,14H,4-9,16H2,1-3H3/t14-/m1/s1. The van der Waals surface area contributed by atoms with Crippen LogP contribution in [0.4, 0.5) is 5.82 Å². The zero-order chi connectivity index (χ0) is 13.8. The summed E-state index contributed by atoms with van der Waals surface area (Å²) in [5, 5.41) is 0. The molecule has 1 aromatic heterocycles. The van der Waals surface area contributed by atoms with Crippen LogP contribution in [-0.2, 0) is 0 Å². The maximum Gasteiger partial charge on any atom is 0.128 e. The summed E-state index contributed by atoms with van der Waals surface area (Å²) in [5.74, 6) is 1.10. The summed E-state index contributed by atoms with van der Waals surface area (Å²) in [4.78, 5) is 9.46. The van der Waals surface area contributed by atoms with Crippen LogP contribution in [-0.4, -0.2) is 42.6 Å². The van der Waals surface area contributed by atoms with E-state index in [0.29, 0.717) is 0 Å². The van der Waals surface area contributed by atoms with Crippen molar-refractivity contribution >= 4 is 5.82 Å². The van der Waals surface area contributed by atoms with Crippen molar-refractivity contribution in [1.29, 1.82) is 0 Å². The summed E-state index contributed by atoms with van der Waals surface area (Å²) >= 11 is 0. The number of pyridine rings is 1. The van der Waals surface area contributed by atoms with Crippen molar-refractivity contribution < 1.29 is 0 Å². The fourth-order valence-corrected chi connectivity index (χ4v) is 2.63. The minimum Gasteiger partial charge on any atom is -0.354 e. The van der Waals surface area contributed by atoms with Crippen LogP contribution in [0, 0.1) is 6.92 Å². The molecule has 0 bridgehead atoms. The van der Waals surface area contributed by atoms with Crippen LogP contribution in [0.15, 0.2) is 12.3 Å². The molecular weight excluding hydrogens is 236 g/mol. The molecule has 1 atom stereocenters. The van der Waals surface area contributed by atoms with E-state index in [1.54, 1.807) is 0 Å². The molecule has 2 N–H and O–H groups in total. The fourth-order valence-electron chi connectivity index (χ4n) is 2.63. The van der Waals surface area contributed by atoms with Gasteiger partial charge in [0, 0.05) is 38.4 Å². The second kappa shape index (κ2) is 6.35. The molecule has 0 amide bonds. The molecular formula is C15H26N4. The third-order valence-electron chi connectivity index (χ3n) is 4.12. The van der Waals surface area contributed by atoms with Gasteiger partial charge in [0.25, 0.3) is 0 Å². The summed E-state index contributed by atoms with van der Waals surface area (Å²) in [5.41, 5.74) is 8.54. The minimum absolute atomic E-state index is 0.110. The fraction of sp³-hybridized carbons (Fsp3) is 0.667. The lowest BCUT2D eigenvalue weighted by Crippen LogP contribution is -2.46. The number of piperazine rings is 1. The summed E-state index contributed by atoms with van der Waals surface area (Å²) < 4.78 is 0. The molecule has 0 radical (unpaired) electrons. The van der Waals surface area contributed by atoms with Crippen molar-refractivity contribution in [3.8, 4) is 0 Å². The Labute approximate surface area is 116 Å². The number of nitrogens with two attached hydrogens (primary N) is 1. The molecule has 0 unspecified atom stereocenters. The van der Waals surface area contributed by atoms with Crippen LogP contribution in [0.25, 0.3) is 0 Å². The molecule has 1 saturated heterocycles. The predicted molar refractivity (Wildman–Crippen MR) is 80.5 cm³/mol. The van der Waals surface area contributed by atoms with Crippen molar-refractivity contribution in [3.63, 3.8) is 0 Å². The van der Waals surface area contributed by atoms with Crippen LogP contribution in [0.1, 0.15) is 37.4 Å². The maximum atomic E-state index is 6.10. The third kappa shape index (κ3) is 3.25. The molecule has 0 spiro atoms. The van der Waals surface area contributed by atoms with Gasteiger partial charge in [0.2, 0.25) is 0 Å². The molecule has 1 aliphatic rings. The van der Waals surface area contributed by atoms with Gasteiger partial charge >= 0.3 is 0 Å². The molecule has 1 fully saturated rings. The van der Waals surface area contributed by atoms with Crippen LogP contribution in [0.5, 0.6) is 0 Å². The predicted octanol–water partition coefficient (Wildman–Crippen LogP) is 1.94. The molecule has 2 rings (SSSR count). The van der Waals surface area contributed by atoms with Crippen molar-refractivity contribution in [1.82, 2.24) is 9.88 Å². The van der Waals surface area contributed by atoms with Gasteiger partial charge in [-0.3, -0.25) is 0 Å². The van der Waals surface area contributed by atoms with Crippen LogP contribution in [0.2, 0.25) is 0 Å². The number of hydrogen-bond acceptors (Lipinski definition) is 4. The van der Waals surface area contributed by atoms with Gasteiger partial charge in [0.05, 0.1) is 0 Å². The smallest absolute Gasteiger partial charge is 0.128 e. The first-order chi connectivity index (χ1) is 9.15. The van der Waals surface area contributed by atoms with E-state index < -0.39 is 0 Å². The zero-order valence-corrected chi connectivity index (χ0v) is 12.4. The van der Waals surface area contributed by atoms with Gasteiger partial charge in [-0.05, 0) is 37.1 Å². The summed E-state index contributed by atoms with van der Waals surface area (Å²) in [6.45, 7) is 12.0. The van der Waals surface area contributed by atoms with Crippen molar-refractivity contribution in [2.24, 2.45) is 5.73 Å². The number of rotatable bonds is 4. The first-order valence-electron chi connectivity index (χ1n) is 7.35. The molecule has 1 aromatic rings. The Bertz CT molecular complexity index is 411. The second-order valence-corrected chi connectivity index (χ2v) is 5.34. The van der Waals surface area contributed by atoms with Crippen LogP contribution in [0.3, 0.4) is 0 Å². The Kier molecular flexibility index (Phi) is 4.77. The van der Waals surface area contributed by atoms with Gasteiger partial charge in [-0.1, -0.05) is 13.8 Å². The Morgan fingerprint density at radius 1 is 1.26 bits per heavy atom. The quantitative estimate of drug-likeness (QED) is 0.901. The summed E-state index contributed by atoms with van der Waals surface area (Å²) in [6, 6.07) is 2.30. The van der Waals surface area contributed by atoms with Crippen molar-refractivity contribution in [3.05, 3.63) is 23.4 Å². The summed E-state index contributed by atoms with van der Waals surface area (Å²) in [7, 11) is 0. The average molecular weight is 262 g/mol. The SMILES string of the molecule is CC[C@@H](N)c1cnc(N2CCN(CC)CC2)cc1C. The molecule has 2 heterocycles. The molecule has 0 aromatic carbocycles. The van der Waals surface area contributed by atoms with E-state index >= 15 is 0 Å². The number of nitrogens with zero attached hydrogens (tertiary/aromatic N) is 3. The lowest BCUT2D eigenvalue weighted by atomic mass is 10.0. The average Bonchev–Trinajstić information content (AvgIpc) is 2.46. The van der Waals surface area contributed by atoms with Gasteiger partial charge in [-0.25, -0.2) is 4.98 Å². The Balaban J connectivity index is 2.08. The molecule has 4 nitrogen and oxygen atoms in total. The Morgan fingerprint density at radius 2 is 1.95 bits per heavy atom. The number of hydrogen-bond donors (Lipinski definition) is 1. The van der Waals surface area contributed by atoms with Crippen LogP contribution < -0.4 is 10.6 Å². The molecule has 0 aliphatic carbocycles. The minimum atomic E-state index is 0.110. The normalized spacial score (nSPS) is 18.6. The molecule has 1 aliphatic heterocycles. The zero-order valence-electron chi connectivity index (χ0n) is 12.4. The lowest BCUT2D eigenvalue weighted by Gasteiger charge is -2.35. The van der Waals surface area contributed by atoms with Gasteiger partial charge in [0.15, 0.2) is 0 Å². The van der Waals surface area contributed by atoms with Gasteiger partial charge in [-0.2, -0.15) is 0 Å². The molecule has 0 saturated carbocycles. The summed E-state index contributed by atoms with van der Waals surface area (Å²) in [6.07, 6.45) is 2.92. The van der Waals surface area contributed by atoms with Gasteiger partial charge in [0.1, 0.15) is 5.82 Å². The Morgan fingerprint density at radius 3 is 2.47 bits per heavy atom. The molecule has 19 heavy (non-hydrogen) atoms. The van der Waals surface area contributed by atoms with Crippen molar-refractivity contribution in [2.75, 3.05) is 37.6 Å².